The number of imidazole rings is 1. The molecule has 0 aliphatic rings. The van der Waals surface area contributed by atoms with Crippen molar-refractivity contribution in [3.05, 3.63) is 69.6 Å². The topological polar surface area (TPSA) is 60.7 Å². The van der Waals surface area contributed by atoms with Gasteiger partial charge in [-0.2, -0.15) is 0 Å². The maximum absolute atomic E-state index is 13.9. The van der Waals surface area contributed by atoms with Crippen molar-refractivity contribution >= 4 is 11.0 Å². The predicted molar refractivity (Wildman–Crippen MR) is 76.2 cm³/mol. The zero-order chi connectivity index (χ0) is 15.0. The lowest BCUT2D eigenvalue weighted by Crippen LogP contribution is -2.20. The Hall–Kier alpha value is -2.47. The molecule has 1 heterocycles. The molecular formula is C15H13F2N3O. The third-order valence-electron chi connectivity index (χ3n) is 3.45. The van der Waals surface area contributed by atoms with Crippen molar-refractivity contribution in [3.63, 3.8) is 0 Å². The van der Waals surface area contributed by atoms with Crippen molar-refractivity contribution in [2.45, 2.75) is 6.04 Å². The van der Waals surface area contributed by atoms with E-state index in [0.717, 1.165) is 0 Å². The lowest BCUT2D eigenvalue weighted by Gasteiger charge is -2.18. The summed E-state index contributed by atoms with van der Waals surface area (Å²) < 4.78 is 27.9. The average molecular weight is 289 g/mol. The summed E-state index contributed by atoms with van der Waals surface area (Å²) in [6.45, 7) is 0. The minimum Gasteiger partial charge on any atom is -0.309 e. The molecule has 0 aliphatic heterocycles. The summed E-state index contributed by atoms with van der Waals surface area (Å²) in [5.41, 5.74) is 1.53. The number of nitrogens with one attached hydrogen (secondary N) is 3. The normalized spacial score (nSPS) is 12.7. The number of aromatic amines is 2. The van der Waals surface area contributed by atoms with Gasteiger partial charge in [0.15, 0.2) is 0 Å². The van der Waals surface area contributed by atoms with Crippen molar-refractivity contribution in [1.82, 2.24) is 15.3 Å². The molecule has 0 fully saturated rings. The monoisotopic (exact) mass is 289 g/mol. The summed E-state index contributed by atoms with van der Waals surface area (Å²) >= 11 is 0. The largest absolute Gasteiger partial charge is 0.323 e. The Morgan fingerprint density at radius 3 is 2.38 bits per heavy atom. The fraction of sp³-hybridized carbons (Fsp3) is 0.133. The number of fused-ring (bicyclic) bond motifs is 1. The van der Waals surface area contributed by atoms with Gasteiger partial charge in [-0.25, -0.2) is 13.6 Å². The first kappa shape index (κ1) is 13.5. The molecule has 3 aromatic rings. The first-order valence-corrected chi connectivity index (χ1v) is 6.43. The summed E-state index contributed by atoms with van der Waals surface area (Å²) in [5.74, 6) is -1.23. The molecule has 0 bridgehead atoms. The Labute approximate surface area is 118 Å². The van der Waals surface area contributed by atoms with Gasteiger partial charge in [-0.05, 0) is 36.9 Å². The molecule has 0 saturated heterocycles. The van der Waals surface area contributed by atoms with E-state index in [2.05, 4.69) is 15.3 Å². The summed E-state index contributed by atoms with van der Waals surface area (Å²) in [6.07, 6.45) is 0. The van der Waals surface area contributed by atoms with Crippen LogP contribution in [0.5, 0.6) is 0 Å². The molecule has 0 aliphatic carbocycles. The van der Waals surface area contributed by atoms with Crippen molar-refractivity contribution in [2.75, 3.05) is 7.05 Å². The van der Waals surface area contributed by atoms with E-state index in [1.54, 1.807) is 25.2 Å². The maximum atomic E-state index is 13.9. The standard InChI is InChI=1S/C15H13F2N3O/c1-18-14(13-9(16)3-2-4-10(13)17)8-5-6-11-12(7-8)20-15(21)19-11/h2-7,14,18H,1H3,(H2,19,20,21). The third kappa shape index (κ3) is 2.34. The minimum absolute atomic E-state index is 0.0442. The summed E-state index contributed by atoms with van der Waals surface area (Å²) in [5, 5.41) is 2.91. The van der Waals surface area contributed by atoms with Gasteiger partial charge in [-0.15, -0.1) is 0 Å². The Balaban J connectivity index is 2.15. The molecule has 3 rings (SSSR count). The second-order valence-electron chi connectivity index (χ2n) is 4.74. The van der Waals surface area contributed by atoms with Crippen LogP contribution >= 0.6 is 0 Å². The zero-order valence-corrected chi connectivity index (χ0v) is 11.2. The molecule has 1 atom stereocenters. The fourth-order valence-electron chi connectivity index (χ4n) is 2.49. The summed E-state index contributed by atoms with van der Waals surface area (Å²) in [7, 11) is 1.63. The molecule has 0 radical (unpaired) electrons. The van der Waals surface area contributed by atoms with Crippen LogP contribution in [-0.2, 0) is 0 Å². The average Bonchev–Trinajstić information content (AvgIpc) is 2.82. The van der Waals surface area contributed by atoms with Gasteiger partial charge in [0.05, 0.1) is 17.1 Å². The summed E-state index contributed by atoms with van der Waals surface area (Å²) in [6, 6.07) is 8.24. The smallest absolute Gasteiger partial charge is 0.309 e. The molecule has 0 spiro atoms. The zero-order valence-electron chi connectivity index (χ0n) is 11.2. The van der Waals surface area contributed by atoms with Crippen LogP contribution in [0.1, 0.15) is 17.2 Å². The van der Waals surface area contributed by atoms with Gasteiger partial charge in [-0.1, -0.05) is 12.1 Å². The maximum Gasteiger partial charge on any atom is 0.323 e. The lowest BCUT2D eigenvalue weighted by atomic mass is 9.97. The highest BCUT2D eigenvalue weighted by atomic mass is 19.1. The molecule has 4 nitrogen and oxygen atoms in total. The van der Waals surface area contributed by atoms with E-state index in [4.69, 9.17) is 0 Å². The van der Waals surface area contributed by atoms with E-state index in [1.165, 1.54) is 18.2 Å². The predicted octanol–water partition coefficient (Wildman–Crippen LogP) is 2.44. The van der Waals surface area contributed by atoms with E-state index >= 15 is 0 Å². The molecule has 1 unspecified atom stereocenters. The van der Waals surface area contributed by atoms with Gasteiger partial charge in [-0.3, -0.25) is 0 Å². The van der Waals surface area contributed by atoms with Crippen LogP contribution in [0.15, 0.2) is 41.2 Å². The molecule has 108 valence electrons. The molecule has 0 amide bonds. The second kappa shape index (κ2) is 5.14. The molecule has 0 saturated carbocycles. The van der Waals surface area contributed by atoms with Gasteiger partial charge in [0.25, 0.3) is 0 Å². The van der Waals surface area contributed by atoms with E-state index in [1.807, 2.05) is 0 Å². The van der Waals surface area contributed by atoms with Crippen LogP contribution in [0.3, 0.4) is 0 Å². The molecule has 3 N–H and O–H groups in total. The SMILES string of the molecule is CNC(c1ccc2[nH]c(=O)[nH]c2c1)c1c(F)cccc1F. The quantitative estimate of drug-likeness (QED) is 0.693. The highest BCUT2D eigenvalue weighted by Gasteiger charge is 2.20. The van der Waals surface area contributed by atoms with Gasteiger partial charge < -0.3 is 15.3 Å². The van der Waals surface area contributed by atoms with Crippen LogP contribution in [0, 0.1) is 11.6 Å². The number of benzene rings is 2. The Bertz CT molecular complexity index is 833. The van der Waals surface area contributed by atoms with E-state index < -0.39 is 17.7 Å². The van der Waals surface area contributed by atoms with E-state index in [0.29, 0.717) is 16.6 Å². The highest BCUT2D eigenvalue weighted by molar-refractivity contribution is 5.75. The Morgan fingerprint density at radius 2 is 1.71 bits per heavy atom. The van der Waals surface area contributed by atoms with Crippen molar-refractivity contribution in [2.24, 2.45) is 0 Å². The van der Waals surface area contributed by atoms with Crippen LogP contribution in [-0.4, -0.2) is 17.0 Å². The van der Waals surface area contributed by atoms with Crippen molar-refractivity contribution in [3.8, 4) is 0 Å². The summed E-state index contributed by atoms with van der Waals surface area (Å²) in [4.78, 5) is 16.5. The Morgan fingerprint density at radius 1 is 1.05 bits per heavy atom. The molecule has 6 heteroatoms. The Kier molecular flexibility index (Phi) is 3.31. The number of H-pyrrole nitrogens is 2. The van der Waals surface area contributed by atoms with Crippen LogP contribution in [0.25, 0.3) is 11.0 Å². The van der Waals surface area contributed by atoms with E-state index in [-0.39, 0.29) is 11.3 Å². The number of rotatable bonds is 3. The molecule has 1 aromatic heterocycles. The van der Waals surface area contributed by atoms with Crippen LogP contribution in [0.4, 0.5) is 8.78 Å². The lowest BCUT2D eigenvalue weighted by molar-refractivity contribution is 0.522. The van der Waals surface area contributed by atoms with Gasteiger partial charge >= 0.3 is 5.69 Å². The minimum atomic E-state index is -0.644. The van der Waals surface area contributed by atoms with Gasteiger partial charge in [0.2, 0.25) is 0 Å². The van der Waals surface area contributed by atoms with Crippen LogP contribution < -0.4 is 11.0 Å². The first-order valence-electron chi connectivity index (χ1n) is 6.43. The number of hydrogen-bond donors (Lipinski definition) is 3. The molecule has 2 aromatic carbocycles. The van der Waals surface area contributed by atoms with E-state index in [9.17, 15) is 13.6 Å². The molecular weight excluding hydrogens is 276 g/mol. The number of aromatic nitrogens is 2. The highest BCUT2D eigenvalue weighted by Crippen LogP contribution is 2.27. The number of halogens is 2. The second-order valence-corrected chi connectivity index (χ2v) is 4.74. The van der Waals surface area contributed by atoms with Crippen molar-refractivity contribution in [1.29, 1.82) is 0 Å². The van der Waals surface area contributed by atoms with Gasteiger partial charge in [0, 0.05) is 5.56 Å². The van der Waals surface area contributed by atoms with Crippen molar-refractivity contribution < 1.29 is 8.78 Å². The fourth-order valence-corrected chi connectivity index (χ4v) is 2.49. The third-order valence-corrected chi connectivity index (χ3v) is 3.45. The first-order chi connectivity index (χ1) is 10.1. The van der Waals surface area contributed by atoms with Gasteiger partial charge in [0.1, 0.15) is 11.6 Å². The van der Waals surface area contributed by atoms with Crippen LogP contribution in [0.2, 0.25) is 0 Å². The number of hydrogen-bond acceptors (Lipinski definition) is 2. The molecule has 21 heavy (non-hydrogen) atoms.